The van der Waals surface area contributed by atoms with Crippen LogP contribution in [0.5, 0.6) is 0 Å². The van der Waals surface area contributed by atoms with Gasteiger partial charge in [-0.05, 0) is 43.4 Å². The summed E-state index contributed by atoms with van der Waals surface area (Å²) < 4.78 is 13.6. The zero-order valence-corrected chi connectivity index (χ0v) is 16.3. The molecule has 0 saturated carbocycles. The number of nitrogens with zero attached hydrogens (tertiary/aromatic N) is 2. The highest BCUT2D eigenvalue weighted by Crippen LogP contribution is 2.35. The van der Waals surface area contributed by atoms with E-state index in [2.05, 4.69) is 0 Å². The number of carbonyl (C=O) groups is 3. The normalized spacial score (nSPS) is 25.2. The van der Waals surface area contributed by atoms with Gasteiger partial charge < -0.3 is 20.0 Å². The highest BCUT2D eigenvalue weighted by molar-refractivity contribution is 5.82. The van der Waals surface area contributed by atoms with Crippen LogP contribution < -0.4 is 0 Å². The summed E-state index contributed by atoms with van der Waals surface area (Å²) in [4.78, 5) is 39.9. The summed E-state index contributed by atoms with van der Waals surface area (Å²) in [6.07, 6.45) is 1.33. The number of amides is 2. The van der Waals surface area contributed by atoms with Crippen LogP contribution in [0.25, 0.3) is 0 Å². The fourth-order valence-electron chi connectivity index (χ4n) is 4.25. The van der Waals surface area contributed by atoms with Crippen LogP contribution in [0.1, 0.15) is 37.7 Å². The van der Waals surface area contributed by atoms with E-state index in [1.54, 1.807) is 11.0 Å². The molecule has 2 atom stereocenters. The van der Waals surface area contributed by atoms with Crippen LogP contribution in [0, 0.1) is 11.2 Å². The van der Waals surface area contributed by atoms with Crippen LogP contribution in [0.2, 0.25) is 0 Å². The molecule has 7 nitrogen and oxygen atoms in total. The number of hydrogen-bond acceptors (Lipinski definition) is 4. The van der Waals surface area contributed by atoms with Crippen molar-refractivity contribution in [3.05, 3.63) is 35.6 Å². The number of rotatable bonds is 6. The third-order valence-corrected chi connectivity index (χ3v) is 5.99. The lowest BCUT2D eigenvalue weighted by Gasteiger charge is -2.43. The lowest BCUT2D eigenvalue weighted by Crippen LogP contribution is -2.58. The van der Waals surface area contributed by atoms with Crippen molar-refractivity contribution in [3.8, 4) is 0 Å². The van der Waals surface area contributed by atoms with E-state index in [0.29, 0.717) is 25.1 Å². The van der Waals surface area contributed by atoms with Gasteiger partial charge in [-0.3, -0.25) is 14.4 Å². The summed E-state index contributed by atoms with van der Waals surface area (Å²) >= 11 is 0. The van der Waals surface area contributed by atoms with Gasteiger partial charge >= 0.3 is 5.97 Å². The Morgan fingerprint density at radius 1 is 1.24 bits per heavy atom. The molecule has 0 aromatic heterocycles. The van der Waals surface area contributed by atoms with Crippen LogP contribution in [0.15, 0.2) is 24.3 Å². The SMILES string of the molecule is O=C1CCCCN1CCC(=O)N1CC[C@@H](O)[C@](Cc2cccc(F)c2)(C(=O)O)C1. The van der Waals surface area contributed by atoms with Gasteiger partial charge in [-0.2, -0.15) is 0 Å². The van der Waals surface area contributed by atoms with E-state index >= 15 is 0 Å². The number of carboxylic acid groups (broad SMARTS) is 1. The van der Waals surface area contributed by atoms with E-state index in [-0.39, 0.29) is 44.2 Å². The minimum absolute atomic E-state index is 0.0455. The molecule has 2 aliphatic heterocycles. The maximum absolute atomic E-state index is 13.6. The van der Waals surface area contributed by atoms with Gasteiger partial charge in [0.05, 0.1) is 6.10 Å². The average molecular weight is 406 g/mol. The molecule has 3 rings (SSSR count). The van der Waals surface area contributed by atoms with Crippen molar-refractivity contribution in [3.63, 3.8) is 0 Å². The first-order valence-electron chi connectivity index (χ1n) is 10.0. The first kappa shape index (κ1) is 21.2. The largest absolute Gasteiger partial charge is 0.481 e. The van der Waals surface area contributed by atoms with Crippen molar-refractivity contribution in [2.45, 2.75) is 44.6 Å². The summed E-state index contributed by atoms with van der Waals surface area (Å²) in [5.41, 5.74) is -1.14. The number of aliphatic hydroxyl groups is 1. The van der Waals surface area contributed by atoms with E-state index in [0.717, 1.165) is 12.8 Å². The Bertz CT molecular complexity index is 786. The summed E-state index contributed by atoms with van der Waals surface area (Å²) in [7, 11) is 0. The Morgan fingerprint density at radius 2 is 2.03 bits per heavy atom. The number of halogens is 1. The van der Waals surface area contributed by atoms with Gasteiger partial charge in [-0.25, -0.2) is 4.39 Å². The van der Waals surface area contributed by atoms with Gasteiger partial charge in [0.25, 0.3) is 0 Å². The molecule has 1 aromatic rings. The molecular weight excluding hydrogens is 379 g/mol. The van der Waals surface area contributed by atoms with Gasteiger partial charge in [0, 0.05) is 39.0 Å². The van der Waals surface area contributed by atoms with E-state index in [4.69, 9.17) is 0 Å². The second-order valence-corrected chi connectivity index (χ2v) is 7.98. The molecule has 0 radical (unpaired) electrons. The van der Waals surface area contributed by atoms with Crippen LogP contribution in [0.3, 0.4) is 0 Å². The van der Waals surface area contributed by atoms with Gasteiger partial charge in [-0.15, -0.1) is 0 Å². The summed E-state index contributed by atoms with van der Waals surface area (Å²) in [5, 5.41) is 20.4. The number of piperidine rings is 2. The molecule has 0 aliphatic carbocycles. The molecule has 2 amide bonds. The molecule has 2 aliphatic rings. The fraction of sp³-hybridized carbons (Fsp3) is 0.571. The Kier molecular flexibility index (Phi) is 6.52. The van der Waals surface area contributed by atoms with E-state index < -0.39 is 23.3 Å². The van der Waals surface area contributed by atoms with Crippen LogP contribution in [0.4, 0.5) is 4.39 Å². The van der Waals surface area contributed by atoms with Crippen molar-refractivity contribution in [1.29, 1.82) is 0 Å². The van der Waals surface area contributed by atoms with Crippen molar-refractivity contribution in [1.82, 2.24) is 9.80 Å². The summed E-state index contributed by atoms with van der Waals surface area (Å²) in [6, 6.07) is 5.63. The number of aliphatic carboxylic acids is 1. The molecule has 29 heavy (non-hydrogen) atoms. The second kappa shape index (κ2) is 8.90. The number of carboxylic acids is 1. The third kappa shape index (κ3) is 4.75. The highest BCUT2D eigenvalue weighted by atomic mass is 19.1. The van der Waals surface area contributed by atoms with Gasteiger partial charge in [0.1, 0.15) is 11.2 Å². The average Bonchev–Trinajstić information content (AvgIpc) is 2.68. The number of aliphatic hydroxyl groups excluding tert-OH is 1. The van der Waals surface area contributed by atoms with Crippen LogP contribution in [-0.2, 0) is 20.8 Å². The van der Waals surface area contributed by atoms with Crippen molar-refractivity contribution < 1.29 is 29.0 Å². The second-order valence-electron chi connectivity index (χ2n) is 7.98. The van der Waals surface area contributed by atoms with Crippen molar-refractivity contribution in [2.24, 2.45) is 5.41 Å². The molecule has 0 bridgehead atoms. The zero-order valence-electron chi connectivity index (χ0n) is 16.3. The molecule has 0 spiro atoms. The molecular formula is C21H27FN2O5. The Balaban J connectivity index is 1.70. The first-order valence-corrected chi connectivity index (χ1v) is 10.0. The first-order chi connectivity index (χ1) is 13.8. The summed E-state index contributed by atoms with van der Waals surface area (Å²) in [5.74, 6) is -1.88. The van der Waals surface area contributed by atoms with Gasteiger partial charge in [0.15, 0.2) is 0 Å². The molecule has 158 valence electrons. The minimum atomic E-state index is -1.59. The number of likely N-dealkylation sites (tertiary alicyclic amines) is 2. The number of carbonyl (C=O) groups excluding carboxylic acids is 2. The molecule has 0 unspecified atom stereocenters. The highest BCUT2D eigenvalue weighted by Gasteiger charge is 2.50. The molecule has 2 fully saturated rings. The standard InChI is InChI=1S/C21H27FN2O5/c22-16-5-3-4-15(12-16)13-21(20(28)29)14-24(10-7-17(21)25)19(27)8-11-23-9-2-1-6-18(23)26/h3-5,12,17,25H,1-2,6-11,13-14H2,(H,28,29)/t17-,21-/m1/s1. The third-order valence-electron chi connectivity index (χ3n) is 5.99. The maximum atomic E-state index is 13.6. The smallest absolute Gasteiger partial charge is 0.314 e. The van der Waals surface area contributed by atoms with Crippen molar-refractivity contribution in [2.75, 3.05) is 26.2 Å². The van der Waals surface area contributed by atoms with Crippen LogP contribution >= 0.6 is 0 Å². The molecule has 2 N–H and O–H groups in total. The lowest BCUT2D eigenvalue weighted by atomic mass is 9.72. The van der Waals surface area contributed by atoms with Gasteiger partial charge in [-0.1, -0.05) is 12.1 Å². The minimum Gasteiger partial charge on any atom is -0.481 e. The van der Waals surface area contributed by atoms with Crippen molar-refractivity contribution >= 4 is 17.8 Å². The lowest BCUT2D eigenvalue weighted by molar-refractivity contribution is -0.165. The van der Waals surface area contributed by atoms with E-state index in [1.165, 1.54) is 23.1 Å². The monoisotopic (exact) mass is 406 g/mol. The number of benzene rings is 1. The number of hydrogen-bond donors (Lipinski definition) is 2. The fourth-order valence-corrected chi connectivity index (χ4v) is 4.25. The Hall–Kier alpha value is -2.48. The van der Waals surface area contributed by atoms with Gasteiger partial charge in [0.2, 0.25) is 11.8 Å². The maximum Gasteiger partial charge on any atom is 0.314 e. The predicted molar refractivity (Wildman–Crippen MR) is 102 cm³/mol. The quantitative estimate of drug-likeness (QED) is 0.745. The Labute approximate surface area is 169 Å². The van der Waals surface area contributed by atoms with E-state index in [9.17, 15) is 29.0 Å². The molecule has 1 aromatic carbocycles. The summed E-state index contributed by atoms with van der Waals surface area (Å²) in [6.45, 7) is 1.07. The van der Waals surface area contributed by atoms with Crippen LogP contribution in [-0.4, -0.2) is 70.1 Å². The topological polar surface area (TPSA) is 98.2 Å². The molecule has 8 heteroatoms. The molecule has 2 saturated heterocycles. The van der Waals surface area contributed by atoms with E-state index in [1.807, 2.05) is 0 Å². The predicted octanol–water partition coefficient (Wildman–Crippen LogP) is 1.43. The molecule has 2 heterocycles. The Morgan fingerprint density at radius 3 is 2.72 bits per heavy atom. The zero-order chi connectivity index (χ0) is 21.0.